The number of oxime groups is 1. The van der Waals surface area contributed by atoms with E-state index in [2.05, 4.69) is 37.0 Å². The van der Waals surface area contributed by atoms with Crippen LogP contribution in [0.3, 0.4) is 0 Å². The van der Waals surface area contributed by atoms with E-state index in [9.17, 15) is 18.7 Å². The van der Waals surface area contributed by atoms with Crippen molar-refractivity contribution in [1.29, 1.82) is 0 Å². The van der Waals surface area contributed by atoms with Gasteiger partial charge in [0.05, 0.1) is 19.4 Å². The van der Waals surface area contributed by atoms with Crippen molar-refractivity contribution in [2.24, 2.45) is 5.16 Å². The molecular weight excluding hydrogens is 576 g/mol. The second kappa shape index (κ2) is 10.6. The summed E-state index contributed by atoms with van der Waals surface area (Å²) in [5.41, 5.74) is 1.76. The number of aromatic hydroxyl groups is 1. The number of hydrogen-bond acceptors (Lipinski definition) is 6. The number of phenolic OH excluding ortho intramolecular Hbond substituents is 1. The van der Waals surface area contributed by atoms with Crippen molar-refractivity contribution in [3.05, 3.63) is 56.2 Å². The van der Waals surface area contributed by atoms with Crippen LogP contribution in [0.15, 0.2) is 53.7 Å². The molecular formula is C23H26Br2N2O5S. The highest BCUT2D eigenvalue weighted by molar-refractivity contribution is 9.11. The molecule has 0 radical (unpaired) electrons. The summed E-state index contributed by atoms with van der Waals surface area (Å²) in [6.07, 6.45) is 1.95. The summed E-state index contributed by atoms with van der Waals surface area (Å²) >= 11 is 6.60. The van der Waals surface area contributed by atoms with Crippen LogP contribution < -0.4 is 0 Å². The monoisotopic (exact) mass is 600 g/mol. The van der Waals surface area contributed by atoms with Gasteiger partial charge in [-0.05, 0) is 69.0 Å². The molecule has 7 nitrogen and oxygen atoms in total. The number of sulfonamides is 1. The lowest BCUT2D eigenvalue weighted by Gasteiger charge is -2.20. The first kappa shape index (κ1) is 25.7. The SMILES string of the molecule is CCCN(CCC)S(=O)(=O)c1ccc2c(C(=NO)c3cc(Br)c(O)c(Br)c3)c(CC)oc2c1. The summed E-state index contributed by atoms with van der Waals surface area (Å²) < 4.78 is 34.8. The Balaban J connectivity index is 2.17. The second-order valence-corrected chi connectivity index (χ2v) is 11.2. The standard InChI is InChI=1S/C23H26Br2N2O5S/c1-4-9-27(10-5-2)33(30,31)15-7-8-16-20(13-15)32-19(6-3)21(16)22(26-29)14-11-17(24)23(28)18(25)12-14/h7-8,11-13,28-29H,4-6,9-10H2,1-3H3. The first-order valence-electron chi connectivity index (χ1n) is 10.7. The average Bonchev–Trinajstić information content (AvgIpc) is 3.15. The second-order valence-electron chi connectivity index (χ2n) is 7.55. The Hall–Kier alpha value is -1.88. The van der Waals surface area contributed by atoms with E-state index in [1.54, 1.807) is 24.3 Å². The van der Waals surface area contributed by atoms with E-state index in [1.165, 1.54) is 10.4 Å². The molecule has 0 unspecified atom stereocenters. The van der Waals surface area contributed by atoms with E-state index < -0.39 is 10.0 Å². The maximum Gasteiger partial charge on any atom is 0.243 e. The molecule has 0 bridgehead atoms. The van der Waals surface area contributed by atoms with Gasteiger partial charge in [0.1, 0.15) is 22.8 Å². The minimum Gasteiger partial charge on any atom is -0.506 e. The van der Waals surface area contributed by atoms with Crippen molar-refractivity contribution in [1.82, 2.24) is 4.31 Å². The summed E-state index contributed by atoms with van der Waals surface area (Å²) in [5.74, 6) is 0.592. The molecule has 0 aliphatic rings. The molecule has 0 aliphatic heterocycles. The molecule has 0 saturated carbocycles. The van der Waals surface area contributed by atoms with Crippen LogP contribution in [0, 0.1) is 0 Å². The van der Waals surface area contributed by atoms with E-state index in [4.69, 9.17) is 4.42 Å². The van der Waals surface area contributed by atoms with Gasteiger partial charge in [-0.1, -0.05) is 25.9 Å². The van der Waals surface area contributed by atoms with Gasteiger partial charge in [-0.2, -0.15) is 4.31 Å². The third kappa shape index (κ3) is 4.99. The molecule has 0 atom stereocenters. The van der Waals surface area contributed by atoms with Crippen LogP contribution in [0.25, 0.3) is 11.0 Å². The zero-order valence-electron chi connectivity index (χ0n) is 18.6. The summed E-state index contributed by atoms with van der Waals surface area (Å²) in [7, 11) is -3.67. The largest absolute Gasteiger partial charge is 0.506 e. The van der Waals surface area contributed by atoms with Gasteiger partial charge in [-0.25, -0.2) is 8.42 Å². The van der Waals surface area contributed by atoms with E-state index >= 15 is 0 Å². The van der Waals surface area contributed by atoms with Crippen molar-refractivity contribution in [3.63, 3.8) is 0 Å². The Bertz CT molecular complexity index is 1270. The van der Waals surface area contributed by atoms with E-state index in [0.29, 0.717) is 56.3 Å². The van der Waals surface area contributed by atoms with Gasteiger partial charge in [0.2, 0.25) is 10.0 Å². The minimum atomic E-state index is -3.67. The van der Waals surface area contributed by atoms with Gasteiger partial charge in [0, 0.05) is 36.5 Å². The number of nitrogens with zero attached hydrogens (tertiary/aromatic N) is 2. The van der Waals surface area contributed by atoms with Crippen LogP contribution in [0.4, 0.5) is 0 Å². The van der Waals surface area contributed by atoms with Crippen molar-refractivity contribution >= 4 is 58.6 Å². The van der Waals surface area contributed by atoms with Crippen LogP contribution >= 0.6 is 31.9 Å². The molecule has 0 saturated heterocycles. The van der Waals surface area contributed by atoms with Gasteiger partial charge in [0.15, 0.2) is 0 Å². The fraction of sp³-hybridized carbons (Fsp3) is 0.348. The average molecular weight is 602 g/mol. The van der Waals surface area contributed by atoms with Gasteiger partial charge in [-0.15, -0.1) is 0 Å². The van der Waals surface area contributed by atoms with Crippen LogP contribution in [0.1, 0.15) is 50.5 Å². The smallest absolute Gasteiger partial charge is 0.243 e. The number of fused-ring (bicyclic) bond motifs is 1. The van der Waals surface area contributed by atoms with Gasteiger partial charge in [0.25, 0.3) is 0 Å². The Morgan fingerprint density at radius 2 is 1.67 bits per heavy atom. The lowest BCUT2D eigenvalue weighted by Crippen LogP contribution is -2.32. The van der Waals surface area contributed by atoms with Crippen LogP contribution in [0.5, 0.6) is 5.75 Å². The molecule has 2 N–H and O–H groups in total. The minimum absolute atomic E-state index is 0.0300. The summed E-state index contributed by atoms with van der Waals surface area (Å²) in [6, 6.07) is 8.06. The maximum absolute atomic E-state index is 13.2. The first-order chi connectivity index (χ1) is 15.7. The molecule has 0 spiro atoms. The molecule has 3 rings (SSSR count). The molecule has 0 fully saturated rings. The van der Waals surface area contributed by atoms with E-state index in [-0.39, 0.29) is 16.4 Å². The molecule has 33 heavy (non-hydrogen) atoms. The van der Waals surface area contributed by atoms with Gasteiger partial charge >= 0.3 is 0 Å². The van der Waals surface area contributed by atoms with Gasteiger partial charge in [-0.3, -0.25) is 0 Å². The number of furan rings is 1. The topological polar surface area (TPSA) is 103 Å². The number of rotatable bonds is 9. The maximum atomic E-state index is 13.2. The summed E-state index contributed by atoms with van der Waals surface area (Å²) in [6.45, 7) is 6.70. The molecule has 2 aromatic carbocycles. The summed E-state index contributed by atoms with van der Waals surface area (Å²) in [4.78, 5) is 0.164. The number of benzene rings is 2. The molecule has 0 amide bonds. The molecule has 1 aromatic heterocycles. The quantitative estimate of drug-likeness (QED) is 0.171. The lowest BCUT2D eigenvalue weighted by atomic mass is 9.98. The molecule has 10 heteroatoms. The zero-order valence-corrected chi connectivity index (χ0v) is 22.6. The normalized spacial score (nSPS) is 12.7. The van der Waals surface area contributed by atoms with Crippen molar-refractivity contribution < 1.29 is 23.1 Å². The third-order valence-electron chi connectivity index (χ3n) is 5.27. The predicted molar refractivity (Wildman–Crippen MR) is 136 cm³/mol. The molecule has 1 heterocycles. The van der Waals surface area contributed by atoms with E-state index in [0.717, 1.165) is 12.8 Å². The number of phenols is 1. The van der Waals surface area contributed by atoms with Crippen LogP contribution in [-0.4, -0.2) is 41.8 Å². The van der Waals surface area contributed by atoms with Gasteiger partial charge < -0.3 is 14.7 Å². The highest BCUT2D eigenvalue weighted by Crippen LogP contribution is 2.36. The lowest BCUT2D eigenvalue weighted by molar-refractivity contribution is 0.319. The highest BCUT2D eigenvalue weighted by atomic mass is 79.9. The Labute approximate surface area is 210 Å². The Kier molecular flexibility index (Phi) is 8.26. The number of halogens is 2. The van der Waals surface area contributed by atoms with Crippen LogP contribution in [-0.2, 0) is 16.4 Å². The third-order valence-corrected chi connectivity index (χ3v) is 8.37. The first-order valence-corrected chi connectivity index (χ1v) is 13.7. The zero-order chi connectivity index (χ0) is 24.3. The van der Waals surface area contributed by atoms with Crippen molar-refractivity contribution in [3.8, 4) is 5.75 Å². The predicted octanol–water partition coefficient (Wildman–Crippen LogP) is 6.26. The Morgan fingerprint density at radius 3 is 2.18 bits per heavy atom. The van der Waals surface area contributed by atoms with Crippen molar-refractivity contribution in [2.45, 2.75) is 44.9 Å². The van der Waals surface area contributed by atoms with Crippen molar-refractivity contribution in [2.75, 3.05) is 13.1 Å². The highest BCUT2D eigenvalue weighted by Gasteiger charge is 2.26. The number of hydrogen-bond donors (Lipinski definition) is 2. The molecule has 178 valence electrons. The summed E-state index contributed by atoms with van der Waals surface area (Å²) in [5, 5.41) is 24.1. The molecule has 3 aromatic rings. The Morgan fingerprint density at radius 1 is 1.06 bits per heavy atom. The van der Waals surface area contributed by atoms with Crippen LogP contribution in [0.2, 0.25) is 0 Å². The van der Waals surface area contributed by atoms with E-state index in [1.807, 2.05) is 20.8 Å². The fourth-order valence-electron chi connectivity index (χ4n) is 3.75. The number of aryl methyl sites for hydroxylation is 1. The molecule has 0 aliphatic carbocycles. The fourth-order valence-corrected chi connectivity index (χ4v) is 6.58.